The highest BCUT2D eigenvalue weighted by atomic mass is 79.9. The molecule has 1 saturated carbocycles. The zero-order valence-electron chi connectivity index (χ0n) is 13.9. The normalized spacial score (nSPS) is 13.2. The zero-order valence-corrected chi connectivity index (χ0v) is 15.5. The summed E-state index contributed by atoms with van der Waals surface area (Å²) in [6.07, 6.45) is 2.11. The van der Waals surface area contributed by atoms with E-state index in [1.807, 2.05) is 37.3 Å². The first kappa shape index (κ1) is 17.5. The van der Waals surface area contributed by atoms with Gasteiger partial charge in [0.25, 0.3) is 5.91 Å². The average Bonchev–Trinajstić information content (AvgIpc) is 3.40. The van der Waals surface area contributed by atoms with Crippen molar-refractivity contribution in [1.82, 2.24) is 5.32 Å². The van der Waals surface area contributed by atoms with Crippen molar-refractivity contribution in [3.8, 4) is 0 Å². The van der Waals surface area contributed by atoms with E-state index >= 15 is 0 Å². The summed E-state index contributed by atoms with van der Waals surface area (Å²) < 4.78 is 0.959. The highest BCUT2D eigenvalue weighted by Gasteiger charge is 2.23. The molecule has 3 rings (SSSR count). The van der Waals surface area contributed by atoms with Gasteiger partial charge in [0.1, 0.15) is 0 Å². The van der Waals surface area contributed by atoms with Crippen LogP contribution in [0.1, 0.15) is 28.8 Å². The minimum atomic E-state index is -0.144. The van der Waals surface area contributed by atoms with Gasteiger partial charge in [-0.3, -0.25) is 9.59 Å². The van der Waals surface area contributed by atoms with E-state index in [4.69, 9.17) is 0 Å². The topological polar surface area (TPSA) is 70.2 Å². The standard InChI is InChI=1S/C19H20BrN3O2/c1-12-2-3-13(19(25)23-16-8-9-16)10-17(12)21-11-18(24)22-15-6-4-14(20)5-7-15/h2-7,10,16,21H,8-9,11H2,1H3,(H,22,24)(H,23,25). The van der Waals surface area contributed by atoms with Crippen molar-refractivity contribution in [2.45, 2.75) is 25.8 Å². The van der Waals surface area contributed by atoms with Crippen molar-refractivity contribution < 1.29 is 9.59 Å². The third-order valence-corrected chi connectivity index (χ3v) is 4.51. The van der Waals surface area contributed by atoms with E-state index in [0.29, 0.717) is 11.6 Å². The summed E-state index contributed by atoms with van der Waals surface area (Å²) >= 11 is 3.36. The third kappa shape index (κ3) is 5.06. The second kappa shape index (κ2) is 7.70. The van der Waals surface area contributed by atoms with Gasteiger partial charge in [-0.2, -0.15) is 0 Å². The number of halogens is 1. The summed E-state index contributed by atoms with van der Waals surface area (Å²) in [5.41, 5.74) is 3.12. The van der Waals surface area contributed by atoms with Crippen LogP contribution in [0.15, 0.2) is 46.9 Å². The molecule has 5 nitrogen and oxygen atoms in total. The largest absolute Gasteiger partial charge is 0.376 e. The second-order valence-electron chi connectivity index (χ2n) is 6.19. The van der Waals surface area contributed by atoms with Crippen LogP contribution in [0.3, 0.4) is 0 Å². The van der Waals surface area contributed by atoms with Gasteiger partial charge in [0.15, 0.2) is 0 Å². The third-order valence-electron chi connectivity index (χ3n) is 3.98. The number of carbonyl (C=O) groups is 2. The smallest absolute Gasteiger partial charge is 0.251 e. The Morgan fingerprint density at radius 3 is 2.52 bits per heavy atom. The van der Waals surface area contributed by atoms with Crippen molar-refractivity contribution in [3.05, 3.63) is 58.1 Å². The summed E-state index contributed by atoms with van der Waals surface area (Å²) in [6.45, 7) is 2.07. The molecule has 2 aromatic rings. The van der Waals surface area contributed by atoms with Gasteiger partial charge in [0, 0.05) is 27.5 Å². The summed E-state index contributed by atoms with van der Waals surface area (Å²) in [6, 6.07) is 13.2. The first-order valence-electron chi connectivity index (χ1n) is 8.22. The van der Waals surface area contributed by atoms with Gasteiger partial charge in [0.2, 0.25) is 5.91 Å². The maximum atomic E-state index is 12.1. The minimum absolute atomic E-state index is 0.0649. The van der Waals surface area contributed by atoms with Gasteiger partial charge < -0.3 is 16.0 Å². The van der Waals surface area contributed by atoms with Crippen molar-refractivity contribution >= 4 is 39.1 Å². The Morgan fingerprint density at radius 2 is 1.84 bits per heavy atom. The fraction of sp³-hybridized carbons (Fsp3) is 0.263. The molecule has 3 N–H and O–H groups in total. The quantitative estimate of drug-likeness (QED) is 0.690. The molecule has 1 fully saturated rings. The predicted octanol–water partition coefficient (Wildman–Crippen LogP) is 3.70. The maximum absolute atomic E-state index is 12.1. The van der Waals surface area contributed by atoms with Crippen LogP contribution in [0.25, 0.3) is 0 Å². The van der Waals surface area contributed by atoms with E-state index in [1.54, 1.807) is 12.1 Å². The molecule has 0 heterocycles. The number of hydrogen-bond acceptors (Lipinski definition) is 3. The second-order valence-corrected chi connectivity index (χ2v) is 7.10. The predicted molar refractivity (Wildman–Crippen MR) is 103 cm³/mol. The summed E-state index contributed by atoms with van der Waals surface area (Å²) in [4.78, 5) is 24.2. The van der Waals surface area contributed by atoms with Crippen LogP contribution in [-0.4, -0.2) is 24.4 Å². The van der Waals surface area contributed by atoms with Crippen molar-refractivity contribution in [2.24, 2.45) is 0 Å². The summed E-state index contributed by atoms with van der Waals surface area (Å²) in [5.74, 6) is -0.209. The molecule has 0 unspecified atom stereocenters. The number of rotatable bonds is 6. The number of carbonyl (C=O) groups excluding carboxylic acids is 2. The minimum Gasteiger partial charge on any atom is -0.376 e. The lowest BCUT2D eigenvalue weighted by molar-refractivity contribution is -0.114. The molecule has 1 aliphatic rings. The van der Waals surface area contributed by atoms with E-state index in [0.717, 1.165) is 34.3 Å². The molecule has 0 radical (unpaired) electrons. The Hall–Kier alpha value is -2.34. The van der Waals surface area contributed by atoms with Gasteiger partial charge in [-0.1, -0.05) is 22.0 Å². The number of nitrogens with one attached hydrogen (secondary N) is 3. The highest BCUT2D eigenvalue weighted by molar-refractivity contribution is 9.10. The van der Waals surface area contributed by atoms with Crippen LogP contribution in [0.4, 0.5) is 11.4 Å². The number of amides is 2. The van der Waals surface area contributed by atoms with Gasteiger partial charge >= 0.3 is 0 Å². The number of benzene rings is 2. The van der Waals surface area contributed by atoms with Crippen LogP contribution < -0.4 is 16.0 Å². The van der Waals surface area contributed by atoms with Gasteiger partial charge in [-0.25, -0.2) is 0 Å². The lowest BCUT2D eigenvalue weighted by atomic mass is 10.1. The molecular formula is C19H20BrN3O2. The number of hydrogen-bond donors (Lipinski definition) is 3. The molecule has 0 atom stereocenters. The fourth-order valence-corrected chi connectivity index (χ4v) is 2.63. The van der Waals surface area contributed by atoms with E-state index in [9.17, 15) is 9.59 Å². The fourth-order valence-electron chi connectivity index (χ4n) is 2.36. The molecule has 0 saturated heterocycles. The monoisotopic (exact) mass is 401 g/mol. The van der Waals surface area contributed by atoms with Crippen molar-refractivity contribution in [2.75, 3.05) is 17.2 Å². The summed E-state index contributed by atoms with van der Waals surface area (Å²) in [7, 11) is 0. The molecule has 2 aromatic carbocycles. The van der Waals surface area contributed by atoms with Gasteiger partial charge in [-0.15, -0.1) is 0 Å². The Kier molecular flexibility index (Phi) is 5.38. The molecular weight excluding hydrogens is 382 g/mol. The average molecular weight is 402 g/mol. The van der Waals surface area contributed by atoms with Crippen molar-refractivity contribution in [1.29, 1.82) is 0 Å². The summed E-state index contributed by atoms with van der Waals surface area (Å²) in [5, 5.41) is 8.91. The first-order chi connectivity index (χ1) is 12.0. The Morgan fingerprint density at radius 1 is 1.12 bits per heavy atom. The Balaban J connectivity index is 1.58. The molecule has 25 heavy (non-hydrogen) atoms. The Labute approximate surface area is 155 Å². The Bertz CT molecular complexity index is 786. The van der Waals surface area contributed by atoms with E-state index in [-0.39, 0.29) is 18.4 Å². The van der Waals surface area contributed by atoms with Crippen LogP contribution in [0.5, 0.6) is 0 Å². The lowest BCUT2D eigenvalue weighted by Crippen LogP contribution is -2.26. The van der Waals surface area contributed by atoms with Gasteiger partial charge in [0.05, 0.1) is 6.54 Å². The van der Waals surface area contributed by atoms with Gasteiger partial charge in [-0.05, 0) is 61.7 Å². The van der Waals surface area contributed by atoms with E-state index in [2.05, 4.69) is 31.9 Å². The van der Waals surface area contributed by atoms with Crippen LogP contribution in [0, 0.1) is 6.92 Å². The molecule has 1 aliphatic carbocycles. The highest BCUT2D eigenvalue weighted by Crippen LogP contribution is 2.21. The lowest BCUT2D eigenvalue weighted by Gasteiger charge is -2.12. The maximum Gasteiger partial charge on any atom is 0.251 e. The molecule has 6 heteroatoms. The molecule has 130 valence electrons. The molecule has 0 aromatic heterocycles. The first-order valence-corrected chi connectivity index (χ1v) is 9.01. The van der Waals surface area contributed by atoms with Crippen LogP contribution in [-0.2, 0) is 4.79 Å². The van der Waals surface area contributed by atoms with Crippen LogP contribution in [0.2, 0.25) is 0 Å². The molecule has 2 amide bonds. The molecule has 0 bridgehead atoms. The zero-order chi connectivity index (χ0) is 17.8. The van der Waals surface area contributed by atoms with E-state index < -0.39 is 0 Å². The van der Waals surface area contributed by atoms with Crippen LogP contribution >= 0.6 is 15.9 Å². The van der Waals surface area contributed by atoms with E-state index in [1.165, 1.54) is 0 Å². The molecule has 0 aliphatic heterocycles. The number of aryl methyl sites for hydroxylation is 1. The van der Waals surface area contributed by atoms with Crippen molar-refractivity contribution in [3.63, 3.8) is 0 Å². The number of anilines is 2. The molecule has 0 spiro atoms. The SMILES string of the molecule is Cc1ccc(C(=O)NC2CC2)cc1NCC(=O)Nc1ccc(Br)cc1.